The molecule has 1 heterocycles. The molecule has 1 aromatic heterocycles. The Labute approximate surface area is 110 Å². The van der Waals surface area contributed by atoms with E-state index in [4.69, 9.17) is 5.73 Å². The molecular weight excluding hydrogens is 245 g/mol. The van der Waals surface area contributed by atoms with Gasteiger partial charge in [-0.1, -0.05) is 12.1 Å². The molecule has 4 nitrogen and oxygen atoms in total. The van der Waals surface area contributed by atoms with Crippen molar-refractivity contribution >= 4 is 11.7 Å². The first kappa shape index (κ1) is 13.0. The van der Waals surface area contributed by atoms with Gasteiger partial charge < -0.3 is 11.1 Å². The Balaban J connectivity index is 1.87. The van der Waals surface area contributed by atoms with Crippen LogP contribution in [0.4, 0.5) is 10.2 Å². The van der Waals surface area contributed by atoms with E-state index in [1.807, 2.05) is 6.07 Å². The van der Waals surface area contributed by atoms with E-state index in [0.29, 0.717) is 24.3 Å². The Morgan fingerprint density at radius 1 is 1.32 bits per heavy atom. The van der Waals surface area contributed by atoms with Gasteiger partial charge in [0.1, 0.15) is 11.6 Å². The summed E-state index contributed by atoms with van der Waals surface area (Å²) >= 11 is 0. The molecule has 0 aliphatic carbocycles. The molecule has 0 saturated carbocycles. The second-order valence-corrected chi connectivity index (χ2v) is 4.11. The first-order chi connectivity index (χ1) is 9.15. The quantitative estimate of drug-likeness (QED) is 0.879. The zero-order valence-corrected chi connectivity index (χ0v) is 10.3. The second kappa shape index (κ2) is 5.95. The summed E-state index contributed by atoms with van der Waals surface area (Å²) in [7, 11) is 0. The summed E-state index contributed by atoms with van der Waals surface area (Å²) in [5, 5.41) is 2.75. The number of nitrogen functional groups attached to an aromatic ring is 1. The predicted octanol–water partition coefficient (Wildman–Crippen LogP) is 1.78. The molecular formula is C14H14FN3O. The summed E-state index contributed by atoms with van der Waals surface area (Å²) in [6.45, 7) is 0.435. The average Bonchev–Trinajstić information content (AvgIpc) is 2.38. The number of benzene rings is 1. The molecule has 0 unspecified atom stereocenters. The Morgan fingerprint density at radius 2 is 2.16 bits per heavy atom. The summed E-state index contributed by atoms with van der Waals surface area (Å²) in [5.41, 5.74) is 6.81. The molecule has 2 aromatic rings. The smallest absolute Gasteiger partial charge is 0.251 e. The number of hydrogen-bond acceptors (Lipinski definition) is 3. The Kier molecular flexibility index (Phi) is 4.07. The maximum atomic E-state index is 13.0. The summed E-state index contributed by atoms with van der Waals surface area (Å²) in [6.07, 6.45) is 2.06. The third-order valence-electron chi connectivity index (χ3n) is 2.63. The molecule has 0 atom stereocenters. The number of aromatic nitrogens is 1. The molecule has 0 fully saturated rings. The van der Waals surface area contributed by atoms with Gasteiger partial charge in [-0.3, -0.25) is 4.79 Å². The van der Waals surface area contributed by atoms with Crippen LogP contribution in [-0.4, -0.2) is 17.4 Å². The van der Waals surface area contributed by atoms with Crippen LogP contribution in [0.5, 0.6) is 0 Å². The number of pyridine rings is 1. The minimum absolute atomic E-state index is 0.217. The predicted molar refractivity (Wildman–Crippen MR) is 71.1 cm³/mol. The lowest BCUT2D eigenvalue weighted by atomic mass is 10.1. The highest BCUT2D eigenvalue weighted by Crippen LogP contribution is 2.05. The lowest BCUT2D eigenvalue weighted by Gasteiger charge is -2.06. The number of anilines is 1. The third kappa shape index (κ3) is 3.77. The van der Waals surface area contributed by atoms with E-state index >= 15 is 0 Å². The van der Waals surface area contributed by atoms with Gasteiger partial charge in [-0.15, -0.1) is 0 Å². The van der Waals surface area contributed by atoms with Crippen LogP contribution in [0.3, 0.4) is 0 Å². The van der Waals surface area contributed by atoms with Crippen molar-refractivity contribution in [2.45, 2.75) is 6.42 Å². The summed E-state index contributed by atoms with van der Waals surface area (Å²) in [5.74, 6) is -0.186. The molecule has 0 aliphatic rings. The molecule has 0 saturated heterocycles. The number of nitrogens with zero attached hydrogens (tertiary/aromatic N) is 1. The number of carbonyl (C=O) groups excluding carboxylic acids is 1. The van der Waals surface area contributed by atoms with Crippen LogP contribution in [0.2, 0.25) is 0 Å². The van der Waals surface area contributed by atoms with Crippen LogP contribution in [0.1, 0.15) is 15.9 Å². The van der Waals surface area contributed by atoms with Crippen molar-refractivity contribution in [1.29, 1.82) is 0 Å². The molecule has 0 spiro atoms. The number of hydrogen-bond donors (Lipinski definition) is 2. The summed E-state index contributed by atoms with van der Waals surface area (Å²) < 4.78 is 13.0. The zero-order chi connectivity index (χ0) is 13.7. The topological polar surface area (TPSA) is 68.0 Å². The largest absolute Gasteiger partial charge is 0.384 e. The van der Waals surface area contributed by atoms with Crippen molar-refractivity contribution in [3.63, 3.8) is 0 Å². The first-order valence-corrected chi connectivity index (χ1v) is 5.89. The first-order valence-electron chi connectivity index (χ1n) is 5.89. The normalized spacial score (nSPS) is 10.2. The monoisotopic (exact) mass is 259 g/mol. The maximum absolute atomic E-state index is 13.0. The van der Waals surface area contributed by atoms with Crippen molar-refractivity contribution in [3.8, 4) is 0 Å². The standard InChI is InChI=1S/C14H14FN3O/c15-12-3-1-2-10(8-12)4-6-18-14(19)11-5-7-17-13(16)9-11/h1-3,5,7-9H,4,6H2,(H2,16,17)(H,18,19). The van der Waals surface area contributed by atoms with E-state index in [-0.39, 0.29) is 11.7 Å². The molecule has 0 radical (unpaired) electrons. The van der Waals surface area contributed by atoms with Crippen LogP contribution < -0.4 is 11.1 Å². The van der Waals surface area contributed by atoms with Gasteiger partial charge >= 0.3 is 0 Å². The molecule has 2 rings (SSSR count). The molecule has 0 aliphatic heterocycles. The number of nitrogens with one attached hydrogen (secondary N) is 1. The van der Waals surface area contributed by atoms with Crippen LogP contribution in [0.15, 0.2) is 42.6 Å². The van der Waals surface area contributed by atoms with Gasteiger partial charge in [-0.2, -0.15) is 0 Å². The van der Waals surface area contributed by atoms with Gasteiger partial charge in [-0.25, -0.2) is 9.37 Å². The lowest BCUT2D eigenvalue weighted by Crippen LogP contribution is -2.25. The fraction of sp³-hybridized carbons (Fsp3) is 0.143. The Morgan fingerprint density at radius 3 is 2.89 bits per heavy atom. The second-order valence-electron chi connectivity index (χ2n) is 4.11. The van der Waals surface area contributed by atoms with E-state index < -0.39 is 0 Å². The molecule has 3 N–H and O–H groups in total. The fourth-order valence-corrected chi connectivity index (χ4v) is 1.70. The minimum Gasteiger partial charge on any atom is -0.384 e. The summed E-state index contributed by atoms with van der Waals surface area (Å²) in [4.78, 5) is 15.6. The van der Waals surface area contributed by atoms with Crippen molar-refractivity contribution in [1.82, 2.24) is 10.3 Å². The van der Waals surface area contributed by atoms with Gasteiger partial charge in [0.15, 0.2) is 0 Å². The van der Waals surface area contributed by atoms with Gasteiger partial charge in [0.05, 0.1) is 0 Å². The van der Waals surface area contributed by atoms with Gasteiger partial charge in [0.25, 0.3) is 5.91 Å². The van der Waals surface area contributed by atoms with E-state index in [0.717, 1.165) is 5.56 Å². The average molecular weight is 259 g/mol. The highest BCUT2D eigenvalue weighted by Gasteiger charge is 2.05. The number of amides is 1. The molecule has 5 heteroatoms. The zero-order valence-electron chi connectivity index (χ0n) is 10.3. The third-order valence-corrected chi connectivity index (χ3v) is 2.63. The van der Waals surface area contributed by atoms with E-state index in [2.05, 4.69) is 10.3 Å². The Bertz CT molecular complexity index is 586. The van der Waals surface area contributed by atoms with Crippen LogP contribution >= 0.6 is 0 Å². The number of carbonyl (C=O) groups is 1. The Hall–Kier alpha value is -2.43. The molecule has 19 heavy (non-hydrogen) atoms. The van der Waals surface area contributed by atoms with Crippen LogP contribution in [0.25, 0.3) is 0 Å². The summed E-state index contributed by atoms with van der Waals surface area (Å²) in [6, 6.07) is 9.42. The maximum Gasteiger partial charge on any atom is 0.251 e. The van der Waals surface area contributed by atoms with Gasteiger partial charge in [0.2, 0.25) is 0 Å². The molecule has 98 valence electrons. The number of nitrogens with two attached hydrogens (primary N) is 1. The van der Waals surface area contributed by atoms with E-state index in [1.54, 1.807) is 12.1 Å². The molecule has 1 amide bonds. The minimum atomic E-state index is -0.272. The number of rotatable bonds is 4. The number of halogens is 1. The van der Waals surface area contributed by atoms with Gasteiger partial charge in [-0.05, 0) is 36.2 Å². The van der Waals surface area contributed by atoms with Crippen LogP contribution in [0, 0.1) is 5.82 Å². The van der Waals surface area contributed by atoms with Crippen molar-refractivity contribution in [2.75, 3.05) is 12.3 Å². The highest BCUT2D eigenvalue weighted by atomic mass is 19.1. The van der Waals surface area contributed by atoms with Crippen molar-refractivity contribution < 1.29 is 9.18 Å². The van der Waals surface area contributed by atoms with E-state index in [1.165, 1.54) is 24.4 Å². The lowest BCUT2D eigenvalue weighted by molar-refractivity contribution is 0.0954. The fourth-order valence-electron chi connectivity index (χ4n) is 1.70. The molecule has 1 aromatic carbocycles. The van der Waals surface area contributed by atoms with Crippen LogP contribution in [-0.2, 0) is 6.42 Å². The van der Waals surface area contributed by atoms with Crippen molar-refractivity contribution in [2.24, 2.45) is 0 Å². The van der Waals surface area contributed by atoms with E-state index in [9.17, 15) is 9.18 Å². The molecule has 0 bridgehead atoms. The highest BCUT2D eigenvalue weighted by molar-refractivity contribution is 5.94. The van der Waals surface area contributed by atoms with Gasteiger partial charge in [0, 0.05) is 18.3 Å². The SMILES string of the molecule is Nc1cc(C(=O)NCCc2cccc(F)c2)ccn1. The van der Waals surface area contributed by atoms with Crippen molar-refractivity contribution in [3.05, 3.63) is 59.5 Å².